The molecule has 1 N–H and O–H groups in total. The van der Waals surface area contributed by atoms with Crippen LogP contribution in [0, 0.1) is 5.92 Å². The Labute approximate surface area is 83.0 Å². The topological polar surface area (TPSA) is 55.2 Å². The normalized spacial score (nSPS) is 24.5. The minimum atomic E-state index is -0.538. The Bertz CT molecular complexity index is 273. The van der Waals surface area contributed by atoms with E-state index in [2.05, 4.69) is 9.97 Å². The Morgan fingerprint density at radius 2 is 2.43 bits per heavy atom. The van der Waals surface area contributed by atoms with Crippen molar-refractivity contribution in [1.29, 1.82) is 0 Å². The van der Waals surface area contributed by atoms with Crippen LogP contribution in [0.3, 0.4) is 0 Å². The third-order valence-corrected chi connectivity index (χ3v) is 2.53. The molecule has 0 bridgehead atoms. The number of rotatable bonds is 2. The lowest BCUT2D eigenvalue weighted by Crippen LogP contribution is -2.24. The van der Waals surface area contributed by atoms with Crippen molar-refractivity contribution in [1.82, 2.24) is 9.97 Å². The molecule has 2 unspecified atom stereocenters. The van der Waals surface area contributed by atoms with Crippen LogP contribution >= 0.6 is 0 Å². The zero-order chi connectivity index (χ0) is 9.80. The molecule has 0 spiro atoms. The molecule has 2 rings (SSSR count). The maximum atomic E-state index is 9.96. The second-order valence-corrected chi connectivity index (χ2v) is 3.55. The molecular weight excluding hydrogens is 180 g/mol. The SMILES string of the molecule is OC(c1cnccn1)C1CCCOC1. The van der Waals surface area contributed by atoms with Gasteiger partial charge in [0.1, 0.15) is 6.10 Å². The third kappa shape index (κ3) is 2.08. The fourth-order valence-corrected chi connectivity index (χ4v) is 1.72. The molecule has 1 aromatic heterocycles. The van der Waals surface area contributed by atoms with E-state index in [0.717, 1.165) is 19.4 Å². The van der Waals surface area contributed by atoms with Crippen LogP contribution < -0.4 is 0 Å². The molecule has 1 aliphatic heterocycles. The molecule has 1 fully saturated rings. The predicted molar refractivity (Wildman–Crippen MR) is 50.5 cm³/mol. The van der Waals surface area contributed by atoms with Gasteiger partial charge in [-0.15, -0.1) is 0 Å². The number of aliphatic hydroxyl groups is 1. The lowest BCUT2D eigenvalue weighted by atomic mass is 9.94. The molecule has 1 aromatic rings. The highest BCUT2D eigenvalue weighted by atomic mass is 16.5. The van der Waals surface area contributed by atoms with Gasteiger partial charge in [-0.25, -0.2) is 0 Å². The molecule has 1 saturated heterocycles. The fraction of sp³-hybridized carbons (Fsp3) is 0.600. The van der Waals surface area contributed by atoms with Crippen molar-refractivity contribution in [2.75, 3.05) is 13.2 Å². The van der Waals surface area contributed by atoms with E-state index in [4.69, 9.17) is 4.74 Å². The lowest BCUT2D eigenvalue weighted by Gasteiger charge is -2.25. The van der Waals surface area contributed by atoms with E-state index in [1.165, 1.54) is 0 Å². The van der Waals surface area contributed by atoms with Crippen molar-refractivity contribution in [3.05, 3.63) is 24.3 Å². The summed E-state index contributed by atoms with van der Waals surface area (Å²) in [6.45, 7) is 1.43. The molecule has 1 aliphatic rings. The molecule has 2 heterocycles. The Kier molecular flexibility index (Phi) is 3.06. The van der Waals surface area contributed by atoms with Crippen LogP contribution in [0.15, 0.2) is 18.6 Å². The van der Waals surface area contributed by atoms with Crippen LogP contribution in [-0.4, -0.2) is 28.3 Å². The summed E-state index contributed by atoms with van der Waals surface area (Å²) in [7, 11) is 0. The molecule has 76 valence electrons. The summed E-state index contributed by atoms with van der Waals surface area (Å²) in [6.07, 6.45) is 6.29. The van der Waals surface area contributed by atoms with Crippen molar-refractivity contribution < 1.29 is 9.84 Å². The third-order valence-electron chi connectivity index (χ3n) is 2.53. The van der Waals surface area contributed by atoms with Gasteiger partial charge in [-0.05, 0) is 12.8 Å². The van der Waals surface area contributed by atoms with Gasteiger partial charge in [-0.1, -0.05) is 0 Å². The lowest BCUT2D eigenvalue weighted by molar-refractivity contribution is -0.0117. The number of ether oxygens (including phenoxy) is 1. The minimum Gasteiger partial charge on any atom is -0.386 e. The summed E-state index contributed by atoms with van der Waals surface area (Å²) >= 11 is 0. The first-order valence-corrected chi connectivity index (χ1v) is 4.89. The Morgan fingerprint density at radius 1 is 1.50 bits per heavy atom. The van der Waals surface area contributed by atoms with Gasteiger partial charge < -0.3 is 9.84 Å². The molecule has 4 nitrogen and oxygen atoms in total. The molecule has 0 aromatic carbocycles. The van der Waals surface area contributed by atoms with Gasteiger partial charge in [0.15, 0.2) is 0 Å². The Hall–Kier alpha value is -1.00. The molecule has 2 atom stereocenters. The highest BCUT2D eigenvalue weighted by molar-refractivity contribution is 5.01. The van der Waals surface area contributed by atoms with Gasteiger partial charge in [-0.3, -0.25) is 9.97 Å². The average Bonchev–Trinajstić information content (AvgIpc) is 2.30. The highest BCUT2D eigenvalue weighted by Crippen LogP contribution is 2.26. The molecule has 14 heavy (non-hydrogen) atoms. The molecule has 0 saturated carbocycles. The number of nitrogens with zero attached hydrogens (tertiary/aromatic N) is 2. The standard InChI is InChI=1S/C10H14N2O2/c13-10(8-2-1-5-14-7-8)9-6-11-3-4-12-9/h3-4,6,8,10,13H,1-2,5,7H2. The van der Waals surface area contributed by atoms with Gasteiger partial charge in [-0.2, -0.15) is 0 Å². The summed E-state index contributed by atoms with van der Waals surface area (Å²) in [6, 6.07) is 0. The summed E-state index contributed by atoms with van der Waals surface area (Å²) in [5.74, 6) is 0.167. The zero-order valence-electron chi connectivity index (χ0n) is 7.97. The van der Waals surface area contributed by atoms with Crippen molar-refractivity contribution in [2.45, 2.75) is 18.9 Å². The van der Waals surface area contributed by atoms with Crippen LogP contribution in [0.2, 0.25) is 0 Å². The maximum Gasteiger partial charge on any atom is 0.102 e. The van der Waals surface area contributed by atoms with E-state index in [1.807, 2.05) is 0 Å². The molecule has 0 aliphatic carbocycles. The summed E-state index contributed by atoms with van der Waals surface area (Å²) in [4.78, 5) is 8.02. The van der Waals surface area contributed by atoms with Gasteiger partial charge in [0.2, 0.25) is 0 Å². The van der Waals surface area contributed by atoms with E-state index < -0.39 is 6.10 Å². The second kappa shape index (κ2) is 4.48. The second-order valence-electron chi connectivity index (χ2n) is 3.55. The molecule has 0 amide bonds. The van der Waals surface area contributed by atoms with Crippen molar-refractivity contribution >= 4 is 0 Å². The first kappa shape index (κ1) is 9.55. The molecule has 4 heteroatoms. The van der Waals surface area contributed by atoms with Crippen LogP contribution in [0.25, 0.3) is 0 Å². The molecular formula is C10H14N2O2. The van der Waals surface area contributed by atoms with Gasteiger partial charge >= 0.3 is 0 Å². The van der Waals surface area contributed by atoms with Crippen molar-refractivity contribution in [3.8, 4) is 0 Å². The number of aromatic nitrogens is 2. The largest absolute Gasteiger partial charge is 0.386 e. The van der Waals surface area contributed by atoms with E-state index in [0.29, 0.717) is 12.3 Å². The van der Waals surface area contributed by atoms with Gasteiger partial charge in [0, 0.05) is 24.9 Å². The first-order valence-electron chi connectivity index (χ1n) is 4.89. The van der Waals surface area contributed by atoms with E-state index >= 15 is 0 Å². The van der Waals surface area contributed by atoms with Crippen LogP contribution in [0.1, 0.15) is 24.6 Å². The maximum absolute atomic E-state index is 9.96. The van der Waals surface area contributed by atoms with Crippen LogP contribution in [0.4, 0.5) is 0 Å². The Balaban J connectivity index is 2.03. The number of hydrogen-bond acceptors (Lipinski definition) is 4. The van der Waals surface area contributed by atoms with Crippen molar-refractivity contribution in [2.24, 2.45) is 5.92 Å². The number of hydrogen-bond donors (Lipinski definition) is 1. The molecule has 0 radical (unpaired) electrons. The predicted octanol–water partition coefficient (Wildman–Crippen LogP) is 0.937. The van der Waals surface area contributed by atoms with Gasteiger partial charge in [0.25, 0.3) is 0 Å². The van der Waals surface area contributed by atoms with E-state index in [9.17, 15) is 5.11 Å². The quantitative estimate of drug-likeness (QED) is 0.761. The smallest absolute Gasteiger partial charge is 0.102 e. The van der Waals surface area contributed by atoms with E-state index in [1.54, 1.807) is 18.6 Å². The monoisotopic (exact) mass is 194 g/mol. The minimum absolute atomic E-state index is 0.167. The summed E-state index contributed by atoms with van der Waals surface area (Å²) in [5, 5.41) is 9.96. The first-order chi connectivity index (χ1) is 6.88. The average molecular weight is 194 g/mol. The van der Waals surface area contributed by atoms with Gasteiger partial charge in [0.05, 0.1) is 18.5 Å². The van der Waals surface area contributed by atoms with Crippen LogP contribution in [0.5, 0.6) is 0 Å². The zero-order valence-corrected chi connectivity index (χ0v) is 7.97. The fourth-order valence-electron chi connectivity index (χ4n) is 1.72. The Morgan fingerprint density at radius 3 is 3.07 bits per heavy atom. The summed E-state index contributed by atoms with van der Waals surface area (Å²) in [5.41, 5.74) is 0.642. The highest BCUT2D eigenvalue weighted by Gasteiger charge is 2.24. The van der Waals surface area contributed by atoms with Crippen molar-refractivity contribution in [3.63, 3.8) is 0 Å². The van der Waals surface area contributed by atoms with E-state index in [-0.39, 0.29) is 5.92 Å². The summed E-state index contributed by atoms with van der Waals surface area (Å²) < 4.78 is 5.32. The number of aliphatic hydroxyl groups excluding tert-OH is 1. The van der Waals surface area contributed by atoms with Crippen LogP contribution in [-0.2, 0) is 4.74 Å².